The van der Waals surface area contributed by atoms with Crippen LogP contribution in [0.5, 0.6) is 0 Å². The molecule has 0 unspecified atom stereocenters. The molecule has 21 heavy (non-hydrogen) atoms. The van der Waals surface area contributed by atoms with Gasteiger partial charge in [0.05, 0.1) is 0 Å². The molecule has 0 spiro atoms. The van der Waals surface area contributed by atoms with Crippen molar-refractivity contribution in [1.82, 2.24) is 0 Å². The van der Waals surface area contributed by atoms with Gasteiger partial charge in [0.2, 0.25) is 0 Å². The first-order chi connectivity index (χ1) is 10.4. The molecule has 3 rings (SSSR count). The Hall–Kier alpha value is -0.420. The predicted molar refractivity (Wildman–Crippen MR) is 92.3 cm³/mol. The van der Waals surface area contributed by atoms with Crippen molar-refractivity contribution in [1.29, 1.82) is 0 Å². The van der Waals surface area contributed by atoms with Crippen molar-refractivity contribution in [3.63, 3.8) is 0 Å². The van der Waals surface area contributed by atoms with Gasteiger partial charge in [0, 0.05) is 18.6 Å². The van der Waals surface area contributed by atoms with Gasteiger partial charge in [-0.05, 0) is 50.1 Å². The van der Waals surface area contributed by atoms with Gasteiger partial charge in [-0.15, -0.1) is 0 Å². The summed E-state index contributed by atoms with van der Waals surface area (Å²) in [6.45, 7) is 3.38. The summed E-state index contributed by atoms with van der Waals surface area (Å²) in [7, 11) is 0.283. The highest BCUT2D eigenvalue weighted by molar-refractivity contribution is 7.59. The molecule has 0 radical (unpaired) electrons. The summed E-state index contributed by atoms with van der Waals surface area (Å²) in [6, 6.07) is 6.74. The van der Waals surface area contributed by atoms with Crippen molar-refractivity contribution < 1.29 is 4.57 Å². The van der Waals surface area contributed by atoms with E-state index in [4.69, 9.17) is 0 Å². The molecule has 0 amide bonds. The maximum absolute atomic E-state index is 2.44. The third-order valence-corrected chi connectivity index (χ3v) is 9.24. The lowest BCUT2D eigenvalue weighted by atomic mass is 10.3. The fraction of sp³-hybridized carbons (Fsp3) is 0.737. The number of pyridine rings is 1. The van der Waals surface area contributed by atoms with Gasteiger partial charge < -0.3 is 0 Å². The summed E-state index contributed by atoms with van der Waals surface area (Å²) in [5.41, 5.74) is 3.78. The van der Waals surface area contributed by atoms with Crippen LogP contribution in [-0.2, 0) is 13.0 Å². The summed E-state index contributed by atoms with van der Waals surface area (Å²) < 4.78 is 2.44. The molecule has 0 atom stereocenters. The number of rotatable bonds is 6. The highest BCUT2D eigenvalue weighted by atomic mass is 31.1. The summed E-state index contributed by atoms with van der Waals surface area (Å²) in [5, 5.41) is 0. The van der Waals surface area contributed by atoms with Gasteiger partial charge >= 0.3 is 0 Å². The van der Waals surface area contributed by atoms with Gasteiger partial charge in [-0.3, -0.25) is 0 Å². The first-order valence-corrected chi connectivity index (χ1v) is 10.8. The molecule has 1 aromatic rings. The first-order valence-electron chi connectivity index (χ1n) is 9.11. The summed E-state index contributed by atoms with van der Waals surface area (Å²) in [4.78, 5) is 0. The van der Waals surface area contributed by atoms with Gasteiger partial charge in [0.15, 0.2) is 11.9 Å². The van der Waals surface area contributed by atoms with E-state index in [9.17, 15) is 0 Å². The smallest absolute Gasteiger partial charge is 0.181 e. The third kappa shape index (κ3) is 3.86. The van der Waals surface area contributed by atoms with E-state index in [0.29, 0.717) is 0 Å². The molecule has 116 valence electrons. The van der Waals surface area contributed by atoms with Crippen LogP contribution in [0.1, 0.15) is 64.0 Å². The van der Waals surface area contributed by atoms with Crippen LogP contribution in [0.3, 0.4) is 0 Å². The molecule has 2 fully saturated rings. The lowest BCUT2D eigenvalue weighted by Crippen LogP contribution is -2.37. The zero-order valence-electron chi connectivity index (χ0n) is 13.6. The van der Waals surface area contributed by atoms with E-state index in [1.807, 2.05) is 0 Å². The second-order valence-corrected chi connectivity index (χ2v) is 9.78. The van der Waals surface area contributed by atoms with Gasteiger partial charge in [-0.25, -0.2) is 4.57 Å². The Kier molecular flexibility index (Phi) is 5.69. The number of aryl methyl sites for hydroxylation is 2. The van der Waals surface area contributed by atoms with Crippen LogP contribution in [0.2, 0.25) is 0 Å². The molecule has 2 saturated carbocycles. The van der Waals surface area contributed by atoms with Crippen LogP contribution >= 0.6 is 7.92 Å². The van der Waals surface area contributed by atoms with Crippen LogP contribution in [0.4, 0.5) is 0 Å². The molecule has 2 heteroatoms. The summed E-state index contributed by atoms with van der Waals surface area (Å²) in [5.74, 6) is 0. The van der Waals surface area contributed by atoms with E-state index in [1.54, 1.807) is 31.4 Å². The summed E-state index contributed by atoms with van der Waals surface area (Å²) in [6.07, 6.45) is 17.3. The molecule has 1 aromatic heterocycles. The van der Waals surface area contributed by atoms with Gasteiger partial charge in [0.1, 0.15) is 6.54 Å². The minimum Gasteiger partial charge on any atom is -0.203 e. The van der Waals surface area contributed by atoms with Crippen LogP contribution in [0, 0.1) is 0 Å². The van der Waals surface area contributed by atoms with Gasteiger partial charge in [0.25, 0.3) is 0 Å². The fourth-order valence-corrected chi connectivity index (χ4v) is 8.30. The quantitative estimate of drug-likeness (QED) is 0.519. The maximum atomic E-state index is 2.44. The number of hydrogen-bond donors (Lipinski definition) is 0. The molecule has 0 aromatic carbocycles. The molecule has 2 aliphatic carbocycles. The Labute approximate surface area is 131 Å². The van der Waals surface area contributed by atoms with Crippen molar-refractivity contribution in [2.45, 2.75) is 82.6 Å². The Balaban J connectivity index is 1.66. The topological polar surface area (TPSA) is 3.88 Å². The van der Waals surface area contributed by atoms with Crippen molar-refractivity contribution in [2.75, 3.05) is 6.16 Å². The third-order valence-electron chi connectivity index (χ3n) is 5.59. The molecule has 0 saturated heterocycles. The van der Waals surface area contributed by atoms with Crippen LogP contribution in [-0.4, -0.2) is 17.5 Å². The van der Waals surface area contributed by atoms with Gasteiger partial charge in [-0.1, -0.05) is 39.7 Å². The van der Waals surface area contributed by atoms with Crippen molar-refractivity contribution in [2.24, 2.45) is 0 Å². The van der Waals surface area contributed by atoms with Crippen molar-refractivity contribution in [3.05, 3.63) is 30.1 Å². The fourth-order valence-electron chi connectivity index (χ4n) is 4.43. The monoisotopic (exact) mass is 304 g/mol. The largest absolute Gasteiger partial charge is 0.203 e. The molecule has 1 heterocycles. The van der Waals surface area contributed by atoms with Crippen molar-refractivity contribution in [3.8, 4) is 0 Å². The van der Waals surface area contributed by atoms with Crippen LogP contribution in [0.15, 0.2) is 24.4 Å². The van der Waals surface area contributed by atoms with Crippen LogP contribution < -0.4 is 4.57 Å². The Morgan fingerprint density at radius 3 is 2.19 bits per heavy atom. The second kappa shape index (κ2) is 7.73. The lowest BCUT2D eigenvalue weighted by molar-refractivity contribution is -0.700. The zero-order chi connectivity index (χ0) is 14.5. The highest BCUT2D eigenvalue weighted by Gasteiger charge is 2.32. The van der Waals surface area contributed by atoms with E-state index in [2.05, 4.69) is 35.9 Å². The molecule has 0 aliphatic heterocycles. The predicted octanol–water partition coefficient (Wildman–Crippen LogP) is 4.90. The standard InChI is InChI=1S/C19H31NP/c1-2-20-15-8-7-9-17(20)14-16-21(18-10-3-4-11-18)19-12-5-6-13-19/h7-9,15,18-19H,2-6,10-14,16H2,1H3/q+1. The Bertz CT molecular complexity index is 417. The Morgan fingerprint density at radius 1 is 1.00 bits per heavy atom. The molecule has 2 aliphatic rings. The number of nitrogens with zero attached hydrogens (tertiary/aromatic N) is 1. The van der Waals surface area contributed by atoms with E-state index >= 15 is 0 Å². The average Bonchev–Trinajstić information content (AvgIpc) is 3.22. The number of aromatic nitrogens is 1. The lowest BCUT2D eigenvalue weighted by Gasteiger charge is -2.30. The molecular formula is C19H31NP+. The van der Waals surface area contributed by atoms with E-state index in [1.165, 1.54) is 38.3 Å². The minimum atomic E-state index is 0.283. The molecular weight excluding hydrogens is 273 g/mol. The maximum Gasteiger partial charge on any atom is 0.181 e. The molecule has 0 bridgehead atoms. The number of hydrogen-bond acceptors (Lipinski definition) is 0. The van der Waals surface area contributed by atoms with E-state index < -0.39 is 0 Å². The van der Waals surface area contributed by atoms with Gasteiger partial charge in [-0.2, -0.15) is 0 Å². The average molecular weight is 304 g/mol. The minimum absolute atomic E-state index is 0.283. The molecule has 1 nitrogen and oxygen atoms in total. The highest BCUT2D eigenvalue weighted by Crippen LogP contribution is 2.57. The normalized spacial score (nSPS) is 20.7. The van der Waals surface area contributed by atoms with Crippen molar-refractivity contribution >= 4 is 7.92 Å². The van der Waals surface area contributed by atoms with E-state index in [-0.39, 0.29) is 7.92 Å². The first kappa shape index (κ1) is 15.5. The summed E-state index contributed by atoms with van der Waals surface area (Å²) >= 11 is 0. The zero-order valence-corrected chi connectivity index (χ0v) is 14.5. The van der Waals surface area contributed by atoms with Crippen LogP contribution in [0.25, 0.3) is 0 Å². The van der Waals surface area contributed by atoms with E-state index in [0.717, 1.165) is 17.9 Å². The Morgan fingerprint density at radius 2 is 1.62 bits per heavy atom. The SMILES string of the molecule is CC[n+]1ccccc1CCP(C1CCCC1)C1CCCC1. The second-order valence-electron chi connectivity index (χ2n) is 6.84. The molecule has 0 N–H and O–H groups in total.